The quantitative estimate of drug-likeness (QED) is 0.367. The second-order valence-electron chi connectivity index (χ2n) is 8.11. The van der Waals surface area contributed by atoms with E-state index in [9.17, 15) is 13.2 Å². The summed E-state index contributed by atoms with van der Waals surface area (Å²) in [5.74, 6) is 0.225. The molecule has 1 aliphatic rings. The number of amides is 1. The molecule has 5 rings (SSSR count). The highest BCUT2D eigenvalue weighted by Crippen LogP contribution is 2.30. The first-order valence-electron chi connectivity index (χ1n) is 11.2. The van der Waals surface area contributed by atoms with Gasteiger partial charge in [-0.15, -0.1) is 22.7 Å². The molecule has 8 nitrogen and oxygen atoms in total. The Morgan fingerprint density at radius 1 is 1.00 bits per heavy atom. The topological polar surface area (TPSA) is 91.8 Å². The third-order valence-electron chi connectivity index (χ3n) is 5.86. The number of nitrogens with one attached hydrogen (secondary N) is 1. The summed E-state index contributed by atoms with van der Waals surface area (Å²) in [5, 5.41) is 4.66. The zero-order valence-corrected chi connectivity index (χ0v) is 21.9. The summed E-state index contributed by atoms with van der Waals surface area (Å²) in [7, 11) is -2.32. The lowest BCUT2D eigenvalue weighted by Crippen LogP contribution is -2.49. The van der Waals surface area contributed by atoms with E-state index in [4.69, 9.17) is 9.72 Å². The van der Waals surface area contributed by atoms with E-state index in [2.05, 4.69) is 9.62 Å². The standard InChI is InChI=1S/C25H24N4O4S3/c1-33-19-9-10-20(21(16-19)27-36(31,32)23-8-5-15-34-23)24(30)28-11-13-29(14-12-28)25-26-22(17-35-25)18-6-3-2-4-7-18/h2-10,15-17,27H,11-14H2,1H3. The van der Waals surface area contributed by atoms with Gasteiger partial charge >= 0.3 is 0 Å². The van der Waals surface area contributed by atoms with Crippen LogP contribution in [0, 0.1) is 0 Å². The maximum atomic E-state index is 13.4. The van der Waals surface area contributed by atoms with Gasteiger partial charge in [0.25, 0.3) is 15.9 Å². The van der Waals surface area contributed by atoms with Crippen LogP contribution in [0.15, 0.2) is 75.6 Å². The van der Waals surface area contributed by atoms with Gasteiger partial charge in [-0.1, -0.05) is 36.4 Å². The predicted octanol–water partition coefficient (Wildman–Crippen LogP) is 4.64. The Morgan fingerprint density at radius 2 is 1.78 bits per heavy atom. The third kappa shape index (κ3) is 5.08. The van der Waals surface area contributed by atoms with Gasteiger partial charge in [0.15, 0.2) is 5.13 Å². The molecular weight excluding hydrogens is 517 g/mol. The molecule has 3 heterocycles. The number of thiazole rings is 1. The summed E-state index contributed by atoms with van der Waals surface area (Å²) < 4.78 is 33.7. The molecule has 11 heteroatoms. The molecule has 0 radical (unpaired) electrons. The number of carbonyl (C=O) groups is 1. The molecule has 2 aromatic heterocycles. The number of thiophene rings is 1. The van der Waals surface area contributed by atoms with E-state index in [-0.39, 0.29) is 21.4 Å². The number of ether oxygens (including phenoxy) is 1. The number of piperazine rings is 1. The van der Waals surface area contributed by atoms with Gasteiger partial charge in [-0.25, -0.2) is 13.4 Å². The van der Waals surface area contributed by atoms with Crippen LogP contribution in [0.5, 0.6) is 5.75 Å². The number of hydrogen-bond acceptors (Lipinski definition) is 8. The van der Waals surface area contributed by atoms with Crippen LogP contribution in [0.1, 0.15) is 10.4 Å². The highest BCUT2D eigenvalue weighted by molar-refractivity contribution is 7.94. The van der Waals surface area contributed by atoms with E-state index in [0.717, 1.165) is 27.7 Å². The van der Waals surface area contributed by atoms with Crippen LogP contribution < -0.4 is 14.4 Å². The molecule has 0 aliphatic carbocycles. The highest BCUT2D eigenvalue weighted by atomic mass is 32.2. The van der Waals surface area contributed by atoms with Crippen molar-refractivity contribution in [1.82, 2.24) is 9.88 Å². The minimum atomic E-state index is -3.82. The van der Waals surface area contributed by atoms with Gasteiger partial charge in [-0.3, -0.25) is 9.52 Å². The minimum Gasteiger partial charge on any atom is -0.497 e. The average Bonchev–Trinajstić information content (AvgIpc) is 3.62. The molecule has 0 unspecified atom stereocenters. The molecule has 1 fully saturated rings. The lowest BCUT2D eigenvalue weighted by atomic mass is 10.1. The molecule has 2 aromatic carbocycles. The maximum absolute atomic E-state index is 13.4. The normalized spacial score (nSPS) is 14.0. The van der Waals surface area contributed by atoms with Crippen molar-refractivity contribution < 1.29 is 17.9 Å². The van der Waals surface area contributed by atoms with Gasteiger partial charge in [-0.05, 0) is 23.6 Å². The monoisotopic (exact) mass is 540 g/mol. The summed E-state index contributed by atoms with van der Waals surface area (Å²) in [6.07, 6.45) is 0. The largest absolute Gasteiger partial charge is 0.497 e. The number of benzene rings is 2. The van der Waals surface area contributed by atoms with Gasteiger partial charge in [-0.2, -0.15) is 0 Å². The van der Waals surface area contributed by atoms with Crippen LogP contribution in [0.3, 0.4) is 0 Å². The first-order valence-corrected chi connectivity index (χ1v) is 14.5. The van der Waals surface area contributed by atoms with Gasteiger partial charge in [0.2, 0.25) is 0 Å². The first-order chi connectivity index (χ1) is 17.4. The Kier molecular flexibility index (Phi) is 6.95. The Labute approximate surface area is 217 Å². The molecular formula is C25H24N4O4S3. The van der Waals surface area contributed by atoms with Crippen molar-refractivity contribution in [3.63, 3.8) is 0 Å². The van der Waals surface area contributed by atoms with Crippen LogP contribution in [-0.2, 0) is 10.0 Å². The number of hydrogen-bond donors (Lipinski definition) is 1. The second-order valence-corrected chi connectivity index (χ2v) is 11.8. The number of anilines is 2. The summed E-state index contributed by atoms with van der Waals surface area (Å²) >= 11 is 2.70. The lowest BCUT2D eigenvalue weighted by Gasteiger charge is -2.35. The van der Waals surface area contributed by atoms with Crippen molar-refractivity contribution in [1.29, 1.82) is 0 Å². The number of rotatable bonds is 7. The molecule has 1 saturated heterocycles. The summed E-state index contributed by atoms with van der Waals surface area (Å²) in [6.45, 7) is 2.28. The van der Waals surface area contributed by atoms with Crippen molar-refractivity contribution >= 4 is 49.4 Å². The number of sulfonamides is 1. The molecule has 0 spiro atoms. The predicted molar refractivity (Wildman–Crippen MR) is 144 cm³/mol. The van der Waals surface area contributed by atoms with E-state index in [0.29, 0.717) is 31.9 Å². The van der Waals surface area contributed by atoms with Crippen LogP contribution in [0.4, 0.5) is 10.8 Å². The van der Waals surface area contributed by atoms with Crippen LogP contribution in [0.25, 0.3) is 11.3 Å². The van der Waals surface area contributed by atoms with Crippen molar-refractivity contribution in [3.05, 3.63) is 77.0 Å². The lowest BCUT2D eigenvalue weighted by molar-refractivity contribution is 0.0748. The van der Waals surface area contributed by atoms with Crippen LogP contribution >= 0.6 is 22.7 Å². The molecule has 0 atom stereocenters. The summed E-state index contributed by atoms with van der Waals surface area (Å²) in [5.41, 5.74) is 2.49. The van der Waals surface area contributed by atoms with E-state index in [1.54, 1.807) is 39.8 Å². The van der Waals surface area contributed by atoms with Crippen molar-refractivity contribution in [2.45, 2.75) is 4.21 Å². The molecule has 1 aliphatic heterocycles. The van der Waals surface area contributed by atoms with Gasteiger partial charge in [0.05, 0.1) is 24.1 Å². The molecule has 36 heavy (non-hydrogen) atoms. The fourth-order valence-electron chi connectivity index (χ4n) is 3.95. The van der Waals surface area contributed by atoms with Crippen molar-refractivity contribution in [2.75, 3.05) is 42.9 Å². The molecule has 4 aromatic rings. The summed E-state index contributed by atoms with van der Waals surface area (Å²) in [4.78, 5) is 22.1. The minimum absolute atomic E-state index is 0.177. The fourth-order valence-corrected chi connectivity index (χ4v) is 6.91. The van der Waals surface area contributed by atoms with Crippen LogP contribution in [-0.4, -0.2) is 57.5 Å². The fraction of sp³-hybridized carbons (Fsp3) is 0.200. The van der Waals surface area contributed by atoms with Crippen LogP contribution in [0.2, 0.25) is 0 Å². The maximum Gasteiger partial charge on any atom is 0.271 e. The third-order valence-corrected chi connectivity index (χ3v) is 9.52. The zero-order chi connectivity index (χ0) is 25.1. The number of carbonyl (C=O) groups excluding carboxylic acids is 1. The van der Waals surface area contributed by atoms with Gasteiger partial charge in [0, 0.05) is 43.2 Å². The second kappa shape index (κ2) is 10.3. The molecule has 186 valence electrons. The van der Waals surface area contributed by atoms with E-state index in [1.165, 1.54) is 19.2 Å². The SMILES string of the molecule is COc1ccc(C(=O)N2CCN(c3nc(-c4ccccc4)cs3)CC2)c(NS(=O)(=O)c2cccs2)c1. The van der Waals surface area contributed by atoms with Crippen molar-refractivity contribution in [3.8, 4) is 17.0 Å². The van der Waals surface area contributed by atoms with E-state index in [1.807, 2.05) is 35.7 Å². The number of methoxy groups -OCH3 is 1. The van der Waals surface area contributed by atoms with Gasteiger partial charge < -0.3 is 14.5 Å². The van der Waals surface area contributed by atoms with E-state index < -0.39 is 10.0 Å². The Bertz CT molecular complexity index is 1450. The van der Waals surface area contributed by atoms with Crippen molar-refractivity contribution in [2.24, 2.45) is 0 Å². The Balaban J connectivity index is 1.30. The molecule has 1 amide bonds. The highest BCUT2D eigenvalue weighted by Gasteiger charge is 2.27. The zero-order valence-electron chi connectivity index (χ0n) is 19.5. The average molecular weight is 541 g/mol. The number of nitrogens with zero attached hydrogens (tertiary/aromatic N) is 3. The van der Waals surface area contributed by atoms with Gasteiger partial charge in [0.1, 0.15) is 9.96 Å². The number of aromatic nitrogens is 1. The Morgan fingerprint density at radius 3 is 2.47 bits per heavy atom. The summed E-state index contributed by atoms with van der Waals surface area (Å²) in [6, 6.07) is 18.0. The van der Waals surface area contributed by atoms with E-state index >= 15 is 0 Å². The molecule has 1 N–H and O–H groups in total. The smallest absolute Gasteiger partial charge is 0.271 e. The first kappa shape index (κ1) is 24.3. The molecule has 0 saturated carbocycles. The molecule has 0 bridgehead atoms. The Hall–Kier alpha value is -3.41.